The first kappa shape index (κ1) is 10.5. The molecule has 0 aromatic heterocycles. The minimum Gasteiger partial charge on any atom is -0.356 e. The Morgan fingerprint density at radius 1 is 1.36 bits per heavy atom. The molecule has 0 saturated carbocycles. The van der Waals surface area contributed by atoms with Crippen molar-refractivity contribution in [2.45, 2.75) is 34.1 Å². The molecule has 0 saturated heterocycles. The van der Waals surface area contributed by atoms with Crippen LogP contribution in [0, 0.1) is 11.8 Å². The van der Waals surface area contributed by atoms with E-state index in [4.69, 9.17) is 0 Å². The lowest BCUT2D eigenvalue weighted by Gasteiger charge is -2.17. The van der Waals surface area contributed by atoms with E-state index in [9.17, 15) is 4.79 Å². The van der Waals surface area contributed by atoms with Gasteiger partial charge in [-0.15, -0.1) is 0 Å². The maximum atomic E-state index is 11.3. The molecule has 66 valence electrons. The maximum Gasteiger partial charge on any atom is 0.223 e. The Hall–Kier alpha value is -0.530. The number of carbonyl (C=O) groups is 1. The Morgan fingerprint density at radius 3 is 2.18 bits per heavy atom. The molecule has 0 fully saturated rings. The third-order valence-corrected chi connectivity index (χ3v) is 1.93. The van der Waals surface area contributed by atoms with Gasteiger partial charge in [-0.2, -0.15) is 0 Å². The molecule has 2 heteroatoms. The topological polar surface area (TPSA) is 29.1 Å². The molecule has 0 aromatic carbocycles. The highest BCUT2D eigenvalue weighted by Gasteiger charge is 2.18. The molecule has 2 nitrogen and oxygen atoms in total. The number of nitrogens with one attached hydrogen (secondary N) is 1. The Kier molecular flexibility index (Phi) is 4.92. The van der Waals surface area contributed by atoms with Gasteiger partial charge in [0.1, 0.15) is 0 Å². The highest BCUT2D eigenvalue weighted by Crippen LogP contribution is 2.14. The van der Waals surface area contributed by atoms with E-state index in [0.717, 1.165) is 13.0 Å². The molecule has 0 aliphatic heterocycles. The van der Waals surface area contributed by atoms with Crippen LogP contribution >= 0.6 is 0 Å². The van der Waals surface area contributed by atoms with Gasteiger partial charge in [-0.3, -0.25) is 4.79 Å². The van der Waals surface area contributed by atoms with Crippen molar-refractivity contribution in [2.75, 3.05) is 6.54 Å². The summed E-state index contributed by atoms with van der Waals surface area (Å²) in [5.41, 5.74) is 0. The summed E-state index contributed by atoms with van der Waals surface area (Å²) in [5.74, 6) is 0.839. The van der Waals surface area contributed by atoms with Crippen molar-refractivity contribution < 1.29 is 4.79 Å². The zero-order chi connectivity index (χ0) is 8.85. The standard InChI is InChI=1S/C9H19NO/c1-5-8(7(3)4)9(11)10-6-2/h7-8H,5-6H2,1-4H3,(H,10,11)/t8-/m0/s1. The molecular formula is C9H19NO. The largest absolute Gasteiger partial charge is 0.356 e. The molecule has 11 heavy (non-hydrogen) atoms. The monoisotopic (exact) mass is 157 g/mol. The van der Waals surface area contributed by atoms with Gasteiger partial charge in [0.25, 0.3) is 0 Å². The first-order chi connectivity index (χ1) is 5.13. The Balaban J connectivity index is 3.92. The molecule has 0 rings (SSSR count). The van der Waals surface area contributed by atoms with Crippen LogP contribution in [0.5, 0.6) is 0 Å². The van der Waals surface area contributed by atoms with Gasteiger partial charge in [-0.25, -0.2) is 0 Å². The van der Waals surface area contributed by atoms with Gasteiger partial charge < -0.3 is 5.32 Å². The third kappa shape index (κ3) is 3.40. The highest BCUT2D eigenvalue weighted by molar-refractivity contribution is 5.78. The first-order valence-electron chi connectivity index (χ1n) is 4.41. The highest BCUT2D eigenvalue weighted by atomic mass is 16.1. The summed E-state index contributed by atoms with van der Waals surface area (Å²) in [4.78, 5) is 11.3. The fourth-order valence-electron chi connectivity index (χ4n) is 1.26. The van der Waals surface area contributed by atoms with E-state index in [0.29, 0.717) is 5.92 Å². The summed E-state index contributed by atoms with van der Waals surface area (Å²) < 4.78 is 0. The van der Waals surface area contributed by atoms with Gasteiger partial charge in [-0.05, 0) is 19.3 Å². The molecule has 0 unspecified atom stereocenters. The number of hydrogen-bond donors (Lipinski definition) is 1. The maximum absolute atomic E-state index is 11.3. The van der Waals surface area contributed by atoms with Crippen molar-refractivity contribution in [3.05, 3.63) is 0 Å². The molecule has 1 atom stereocenters. The van der Waals surface area contributed by atoms with Crippen molar-refractivity contribution in [1.82, 2.24) is 5.32 Å². The van der Waals surface area contributed by atoms with E-state index in [1.54, 1.807) is 0 Å². The molecule has 0 heterocycles. The quantitative estimate of drug-likeness (QED) is 0.662. The van der Waals surface area contributed by atoms with Crippen molar-refractivity contribution in [2.24, 2.45) is 11.8 Å². The van der Waals surface area contributed by atoms with Crippen LogP contribution in [0.4, 0.5) is 0 Å². The van der Waals surface area contributed by atoms with Crippen LogP contribution in [0.25, 0.3) is 0 Å². The summed E-state index contributed by atoms with van der Waals surface area (Å²) in [5, 5.41) is 2.84. The minimum atomic E-state index is 0.190. The van der Waals surface area contributed by atoms with Crippen molar-refractivity contribution in [3.8, 4) is 0 Å². The predicted molar refractivity (Wildman–Crippen MR) is 47.3 cm³/mol. The lowest BCUT2D eigenvalue weighted by atomic mass is 9.92. The first-order valence-corrected chi connectivity index (χ1v) is 4.41. The van der Waals surface area contributed by atoms with Crippen LogP contribution in [0.15, 0.2) is 0 Å². The molecule has 0 spiro atoms. The molecular weight excluding hydrogens is 138 g/mol. The molecule has 1 N–H and O–H groups in total. The molecule has 0 aliphatic rings. The normalized spacial score (nSPS) is 13.2. The Morgan fingerprint density at radius 2 is 1.91 bits per heavy atom. The molecule has 0 aliphatic carbocycles. The number of amides is 1. The van der Waals surface area contributed by atoms with E-state index in [-0.39, 0.29) is 11.8 Å². The van der Waals surface area contributed by atoms with Crippen molar-refractivity contribution in [3.63, 3.8) is 0 Å². The lowest BCUT2D eigenvalue weighted by molar-refractivity contribution is -0.126. The zero-order valence-electron chi connectivity index (χ0n) is 7.98. The molecule has 1 amide bonds. The fourth-order valence-corrected chi connectivity index (χ4v) is 1.26. The van der Waals surface area contributed by atoms with E-state index in [1.165, 1.54) is 0 Å². The number of rotatable bonds is 4. The van der Waals surface area contributed by atoms with Crippen LogP contribution in [0.3, 0.4) is 0 Å². The molecule has 0 bridgehead atoms. The Bertz CT molecular complexity index is 121. The van der Waals surface area contributed by atoms with Gasteiger partial charge in [0.05, 0.1) is 0 Å². The molecule has 0 aromatic rings. The van der Waals surface area contributed by atoms with Crippen LogP contribution in [0.1, 0.15) is 34.1 Å². The summed E-state index contributed by atoms with van der Waals surface area (Å²) in [6.45, 7) is 8.92. The van der Waals surface area contributed by atoms with Gasteiger partial charge in [0.2, 0.25) is 5.91 Å². The van der Waals surface area contributed by atoms with Gasteiger partial charge in [-0.1, -0.05) is 20.8 Å². The van der Waals surface area contributed by atoms with E-state index in [1.807, 2.05) is 6.92 Å². The minimum absolute atomic E-state index is 0.190. The lowest BCUT2D eigenvalue weighted by Crippen LogP contribution is -2.32. The van der Waals surface area contributed by atoms with Crippen LogP contribution in [0.2, 0.25) is 0 Å². The van der Waals surface area contributed by atoms with Gasteiger partial charge in [0, 0.05) is 12.5 Å². The average molecular weight is 157 g/mol. The van der Waals surface area contributed by atoms with Crippen molar-refractivity contribution >= 4 is 5.91 Å². The SMILES string of the molecule is CCNC(=O)[C@@H](CC)C(C)C. The zero-order valence-corrected chi connectivity index (χ0v) is 7.98. The second-order valence-electron chi connectivity index (χ2n) is 3.15. The fraction of sp³-hybridized carbons (Fsp3) is 0.889. The second kappa shape index (κ2) is 5.16. The Labute approximate surface area is 69.4 Å². The molecule has 0 radical (unpaired) electrons. The summed E-state index contributed by atoms with van der Waals surface area (Å²) in [6.07, 6.45) is 0.934. The number of carbonyl (C=O) groups excluding carboxylic acids is 1. The van der Waals surface area contributed by atoms with Crippen LogP contribution in [-0.4, -0.2) is 12.5 Å². The third-order valence-electron chi connectivity index (χ3n) is 1.93. The number of hydrogen-bond acceptors (Lipinski definition) is 1. The van der Waals surface area contributed by atoms with E-state index in [2.05, 4.69) is 26.1 Å². The second-order valence-corrected chi connectivity index (χ2v) is 3.15. The van der Waals surface area contributed by atoms with E-state index < -0.39 is 0 Å². The van der Waals surface area contributed by atoms with Crippen molar-refractivity contribution in [1.29, 1.82) is 0 Å². The summed E-state index contributed by atoms with van der Waals surface area (Å²) in [7, 11) is 0. The summed E-state index contributed by atoms with van der Waals surface area (Å²) in [6, 6.07) is 0. The van der Waals surface area contributed by atoms with E-state index >= 15 is 0 Å². The average Bonchev–Trinajstić information content (AvgIpc) is 1.88. The summed E-state index contributed by atoms with van der Waals surface area (Å²) >= 11 is 0. The smallest absolute Gasteiger partial charge is 0.223 e. The van der Waals surface area contributed by atoms with Gasteiger partial charge in [0.15, 0.2) is 0 Å². The van der Waals surface area contributed by atoms with Gasteiger partial charge >= 0.3 is 0 Å². The van der Waals surface area contributed by atoms with Crippen LogP contribution in [-0.2, 0) is 4.79 Å². The van der Waals surface area contributed by atoms with Crippen LogP contribution < -0.4 is 5.32 Å². The predicted octanol–water partition coefficient (Wildman–Crippen LogP) is 1.80.